The van der Waals surface area contributed by atoms with Crippen molar-refractivity contribution in [2.45, 2.75) is 19.8 Å². The summed E-state index contributed by atoms with van der Waals surface area (Å²) >= 11 is 1.41. The Hall–Kier alpha value is -2.73. The Morgan fingerprint density at radius 2 is 1.92 bits per heavy atom. The minimum Gasteiger partial charge on any atom is -0.497 e. The van der Waals surface area contributed by atoms with Gasteiger partial charge in [0.1, 0.15) is 10.8 Å². The molecule has 1 heterocycles. The summed E-state index contributed by atoms with van der Waals surface area (Å²) in [4.78, 5) is 12.2. The minimum absolute atomic E-state index is 0.165. The van der Waals surface area contributed by atoms with Crippen molar-refractivity contribution in [3.8, 4) is 5.75 Å². The summed E-state index contributed by atoms with van der Waals surface area (Å²) in [5.41, 5.74) is 2.88. The van der Waals surface area contributed by atoms with E-state index in [1.165, 1.54) is 16.9 Å². The predicted octanol–water partition coefficient (Wildman–Crippen LogP) is 3.89. The topological polar surface area (TPSA) is 64.1 Å². The summed E-state index contributed by atoms with van der Waals surface area (Å²) in [7, 11) is 1.66. The first-order valence-electron chi connectivity index (χ1n) is 7.97. The number of aryl methyl sites for hydroxylation is 3. The second kappa shape index (κ2) is 7.90. The number of benzene rings is 2. The molecule has 0 aliphatic rings. The number of rotatable bonds is 6. The molecule has 3 rings (SSSR count). The summed E-state index contributed by atoms with van der Waals surface area (Å²) < 4.78 is 5.16. The van der Waals surface area contributed by atoms with Crippen molar-refractivity contribution in [3.63, 3.8) is 0 Å². The third-order valence-electron chi connectivity index (χ3n) is 3.75. The predicted molar refractivity (Wildman–Crippen MR) is 99.4 cm³/mol. The van der Waals surface area contributed by atoms with Crippen LogP contribution in [-0.4, -0.2) is 23.2 Å². The van der Waals surface area contributed by atoms with Crippen molar-refractivity contribution in [2.75, 3.05) is 12.4 Å². The van der Waals surface area contributed by atoms with Crippen LogP contribution >= 0.6 is 11.3 Å². The SMILES string of the molecule is COc1ccc(CCc2nnc(NC(=O)c3cccc(C)c3)s2)cc1. The van der Waals surface area contributed by atoms with E-state index < -0.39 is 0 Å². The number of nitrogens with zero attached hydrogens (tertiary/aromatic N) is 2. The Labute approximate surface area is 150 Å². The van der Waals surface area contributed by atoms with Crippen molar-refractivity contribution >= 4 is 22.4 Å². The highest BCUT2D eigenvalue weighted by molar-refractivity contribution is 7.15. The fourth-order valence-electron chi connectivity index (χ4n) is 2.40. The number of carbonyl (C=O) groups excluding carboxylic acids is 1. The number of amides is 1. The second-order valence-electron chi connectivity index (χ2n) is 5.67. The molecule has 1 aromatic heterocycles. The average molecular weight is 353 g/mol. The van der Waals surface area contributed by atoms with E-state index in [1.807, 2.05) is 49.4 Å². The Bertz CT molecular complexity index is 859. The third-order valence-corrected chi connectivity index (χ3v) is 4.65. The number of hydrogen-bond acceptors (Lipinski definition) is 5. The van der Waals surface area contributed by atoms with Gasteiger partial charge in [0.15, 0.2) is 0 Å². The van der Waals surface area contributed by atoms with Crippen LogP contribution in [0.5, 0.6) is 5.75 Å². The zero-order valence-electron chi connectivity index (χ0n) is 14.2. The molecule has 3 aromatic rings. The molecule has 0 atom stereocenters. The maximum absolute atomic E-state index is 12.2. The highest BCUT2D eigenvalue weighted by Gasteiger charge is 2.10. The van der Waals surface area contributed by atoms with Gasteiger partial charge in [0.2, 0.25) is 5.13 Å². The lowest BCUT2D eigenvalue weighted by Crippen LogP contribution is -2.11. The van der Waals surface area contributed by atoms with Crippen molar-refractivity contribution in [3.05, 3.63) is 70.2 Å². The molecule has 2 aromatic carbocycles. The van der Waals surface area contributed by atoms with Gasteiger partial charge < -0.3 is 4.74 Å². The van der Waals surface area contributed by atoms with Gasteiger partial charge in [0.05, 0.1) is 7.11 Å². The van der Waals surface area contributed by atoms with Crippen molar-refractivity contribution in [2.24, 2.45) is 0 Å². The number of carbonyl (C=O) groups is 1. The third kappa shape index (κ3) is 4.64. The molecule has 0 saturated carbocycles. The second-order valence-corrected chi connectivity index (χ2v) is 6.73. The number of hydrogen-bond donors (Lipinski definition) is 1. The Morgan fingerprint density at radius 1 is 1.12 bits per heavy atom. The molecule has 1 N–H and O–H groups in total. The summed E-state index contributed by atoms with van der Waals surface area (Å²) in [6.07, 6.45) is 1.65. The van der Waals surface area contributed by atoms with E-state index in [9.17, 15) is 4.79 Å². The van der Waals surface area contributed by atoms with Crippen LogP contribution in [-0.2, 0) is 12.8 Å². The highest BCUT2D eigenvalue weighted by Crippen LogP contribution is 2.19. The van der Waals surface area contributed by atoms with Crippen LogP contribution in [0.3, 0.4) is 0 Å². The molecule has 0 saturated heterocycles. The van der Waals surface area contributed by atoms with E-state index >= 15 is 0 Å². The number of ether oxygens (including phenoxy) is 1. The van der Waals surface area contributed by atoms with Gasteiger partial charge in [0, 0.05) is 12.0 Å². The van der Waals surface area contributed by atoms with Crippen LogP contribution in [0.25, 0.3) is 0 Å². The normalized spacial score (nSPS) is 10.5. The zero-order valence-corrected chi connectivity index (χ0v) is 15.0. The smallest absolute Gasteiger partial charge is 0.257 e. The molecule has 128 valence electrons. The van der Waals surface area contributed by atoms with Crippen molar-refractivity contribution in [1.29, 1.82) is 0 Å². The average Bonchev–Trinajstić information content (AvgIpc) is 3.08. The molecular formula is C19H19N3O2S. The van der Waals surface area contributed by atoms with Crippen LogP contribution in [0, 0.1) is 6.92 Å². The molecule has 0 bridgehead atoms. The lowest BCUT2D eigenvalue weighted by molar-refractivity contribution is 0.102. The first kappa shape index (κ1) is 17.1. The van der Waals surface area contributed by atoms with E-state index in [2.05, 4.69) is 15.5 Å². The number of methoxy groups -OCH3 is 1. The highest BCUT2D eigenvalue weighted by atomic mass is 32.1. The quantitative estimate of drug-likeness (QED) is 0.730. The number of nitrogens with one attached hydrogen (secondary N) is 1. The van der Waals surface area contributed by atoms with Gasteiger partial charge in [-0.15, -0.1) is 10.2 Å². The molecule has 0 spiro atoms. The molecule has 0 unspecified atom stereocenters. The maximum Gasteiger partial charge on any atom is 0.257 e. The largest absolute Gasteiger partial charge is 0.497 e. The molecule has 0 aliphatic carbocycles. The van der Waals surface area contributed by atoms with Crippen LogP contribution in [0.2, 0.25) is 0 Å². The Kier molecular flexibility index (Phi) is 5.40. The zero-order chi connectivity index (χ0) is 17.6. The van der Waals surface area contributed by atoms with Crippen LogP contribution in [0.4, 0.5) is 5.13 Å². The first-order chi connectivity index (χ1) is 12.1. The maximum atomic E-state index is 12.2. The summed E-state index contributed by atoms with van der Waals surface area (Å²) in [6.45, 7) is 1.96. The van der Waals surface area contributed by atoms with Crippen molar-refractivity contribution < 1.29 is 9.53 Å². The van der Waals surface area contributed by atoms with E-state index in [0.29, 0.717) is 10.7 Å². The van der Waals surface area contributed by atoms with Gasteiger partial charge in [-0.25, -0.2) is 0 Å². The molecular weight excluding hydrogens is 334 g/mol. The molecule has 0 aliphatic heterocycles. The molecule has 6 heteroatoms. The molecule has 1 amide bonds. The lowest BCUT2D eigenvalue weighted by atomic mass is 10.1. The fourth-order valence-corrected chi connectivity index (χ4v) is 3.14. The number of anilines is 1. The van der Waals surface area contributed by atoms with Crippen LogP contribution in [0.1, 0.15) is 26.5 Å². The van der Waals surface area contributed by atoms with Gasteiger partial charge in [-0.05, 0) is 43.2 Å². The van der Waals surface area contributed by atoms with E-state index in [4.69, 9.17) is 4.74 Å². The summed E-state index contributed by atoms with van der Waals surface area (Å²) in [6, 6.07) is 15.4. The Balaban J connectivity index is 1.57. The minimum atomic E-state index is -0.165. The Morgan fingerprint density at radius 3 is 2.64 bits per heavy atom. The van der Waals surface area contributed by atoms with Gasteiger partial charge in [-0.2, -0.15) is 0 Å². The van der Waals surface area contributed by atoms with Crippen LogP contribution < -0.4 is 10.1 Å². The van der Waals surface area contributed by atoms with Crippen molar-refractivity contribution in [1.82, 2.24) is 10.2 Å². The van der Waals surface area contributed by atoms with E-state index in [1.54, 1.807) is 13.2 Å². The van der Waals surface area contributed by atoms with Gasteiger partial charge in [0.25, 0.3) is 5.91 Å². The summed E-state index contributed by atoms with van der Waals surface area (Å²) in [5.74, 6) is 0.683. The fraction of sp³-hybridized carbons (Fsp3) is 0.211. The van der Waals surface area contributed by atoms with E-state index in [-0.39, 0.29) is 5.91 Å². The van der Waals surface area contributed by atoms with Gasteiger partial charge in [-0.3, -0.25) is 10.1 Å². The summed E-state index contributed by atoms with van der Waals surface area (Å²) in [5, 5.41) is 12.4. The molecule has 25 heavy (non-hydrogen) atoms. The molecule has 5 nitrogen and oxygen atoms in total. The number of aromatic nitrogens is 2. The monoisotopic (exact) mass is 353 g/mol. The first-order valence-corrected chi connectivity index (χ1v) is 8.79. The standard InChI is InChI=1S/C19H19N3O2S/c1-13-4-3-5-15(12-13)18(23)20-19-22-21-17(25-19)11-8-14-6-9-16(24-2)10-7-14/h3-7,9-10,12H,8,11H2,1-2H3,(H,20,22,23). The molecule has 0 fully saturated rings. The van der Waals surface area contributed by atoms with E-state index in [0.717, 1.165) is 29.2 Å². The molecule has 0 radical (unpaired) electrons. The van der Waals surface area contributed by atoms with Gasteiger partial charge >= 0.3 is 0 Å². The van der Waals surface area contributed by atoms with Gasteiger partial charge in [-0.1, -0.05) is 41.2 Å². The van der Waals surface area contributed by atoms with Crippen LogP contribution in [0.15, 0.2) is 48.5 Å². The lowest BCUT2D eigenvalue weighted by Gasteiger charge is -2.02.